The quantitative estimate of drug-likeness (QED) is 0.799. The maximum Gasteiger partial charge on any atom is 0.306 e. The predicted octanol–water partition coefficient (Wildman–Crippen LogP) is 1.79. The first kappa shape index (κ1) is 13.6. The molecule has 6 heteroatoms. The summed E-state index contributed by atoms with van der Waals surface area (Å²) in [7, 11) is 0. The lowest BCUT2D eigenvalue weighted by Gasteiger charge is -2.16. The average molecular weight is 287 g/mol. The van der Waals surface area contributed by atoms with E-state index < -0.39 is 5.97 Å². The molecule has 1 saturated carbocycles. The highest BCUT2D eigenvalue weighted by Crippen LogP contribution is 2.31. The van der Waals surface area contributed by atoms with Gasteiger partial charge in [0.1, 0.15) is 0 Å². The van der Waals surface area contributed by atoms with E-state index in [0.29, 0.717) is 18.5 Å². The summed E-state index contributed by atoms with van der Waals surface area (Å²) in [5.74, 6) is -1.24. The molecule has 1 aliphatic rings. The number of nitrogens with zero attached hydrogens (tertiary/aromatic N) is 1. The van der Waals surface area contributed by atoms with Crippen molar-refractivity contribution < 1.29 is 14.7 Å². The molecular weight excluding hydrogens is 270 g/mol. The topological polar surface area (TPSA) is 95.1 Å². The molecule has 1 aromatic carbocycles. The third-order valence-corrected chi connectivity index (χ3v) is 4.21. The summed E-state index contributed by atoms with van der Waals surface area (Å²) >= 11 is 0. The smallest absolute Gasteiger partial charge is 0.306 e. The summed E-state index contributed by atoms with van der Waals surface area (Å²) in [6.07, 6.45) is 4.18. The van der Waals surface area contributed by atoms with Crippen LogP contribution in [0.3, 0.4) is 0 Å². The van der Waals surface area contributed by atoms with Gasteiger partial charge in [-0.15, -0.1) is 0 Å². The van der Waals surface area contributed by atoms with Gasteiger partial charge < -0.3 is 10.4 Å². The van der Waals surface area contributed by atoms with Crippen molar-refractivity contribution >= 4 is 22.8 Å². The van der Waals surface area contributed by atoms with Crippen LogP contribution in [0.5, 0.6) is 0 Å². The van der Waals surface area contributed by atoms with Crippen molar-refractivity contribution in [3.8, 4) is 0 Å². The highest BCUT2D eigenvalue weighted by molar-refractivity contribution is 5.97. The largest absolute Gasteiger partial charge is 0.481 e. The molecule has 1 amide bonds. The maximum absolute atomic E-state index is 12.2. The number of hydrogen-bond donors (Lipinski definition) is 3. The Kier molecular flexibility index (Phi) is 3.60. The van der Waals surface area contributed by atoms with Crippen molar-refractivity contribution in [1.82, 2.24) is 15.5 Å². The number of H-pyrrole nitrogens is 1. The summed E-state index contributed by atoms with van der Waals surface area (Å²) in [5, 5.41) is 19.7. The van der Waals surface area contributed by atoms with Gasteiger partial charge in [-0.1, -0.05) is 12.5 Å². The molecule has 0 radical (unpaired) electrons. The molecule has 6 nitrogen and oxygen atoms in total. The second-order valence-electron chi connectivity index (χ2n) is 5.52. The number of aliphatic carboxylic acids is 1. The molecule has 1 heterocycles. The van der Waals surface area contributed by atoms with Crippen molar-refractivity contribution in [3.05, 3.63) is 30.0 Å². The van der Waals surface area contributed by atoms with E-state index in [-0.39, 0.29) is 17.7 Å². The molecule has 0 spiro atoms. The van der Waals surface area contributed by atoms with E-state index >= 15 is 0 Å². The molecule has 1 aromatic heterocycles. The predicted molar refractivity (Wildman–Crippen MR) is 76.9 cm³/mol. The van der Waals surface area contributed by atoms with Crippen LogP contribution in [0.15, 0.2) is 24.4 Å². The van der Waals surface area contributed by atoms with E-state index in [2.05, 4.69) is 15.5 Å². The number of amides is 1. The van der Waals surface area contributed by atoms with Crippen LogP contribution in [0.2, 0.25) is 0 Å². The number of carboxylic acids is 1. The number of carbonyl (C=O) groups excluding carboxylic acids is 1. The van der Waals surface area contributed by atoms with E-state index in [0.717, 1.165) is 23.7 Å². The van der Waals surface area contributed by atoms with E-state index in [9.17, 15) is 9.59 Å². The number of aromatic nitrogens is 2. The van der Waals surface area contributed by atoms with Crippen LogP contribution in [0, 0.1) is 11.8 Å². The summed E-state index contributed by atoms with van der Waals surface area (Å²) in [5.41, 5.74) is 1.36. The fourth-order valence-electron chi connectivity index (χ4n) is 3.01. The van der Waals surface area contributed by atoms with Gasteiger partial charge in [0.05, 0.1) is 17.6 Å². The molecule has 2 unspecified atom stereocenters. The van der Waals surface area contributed by atoms with E-state index in [4.69, 9.17) is 5.11 Å². The van der Waals surface area contributed by atoms with Gasteiger partial charge in [-0.2, -0.15) is 5.10 Å². The number of benzene rings is 1. The second kappa shape index (κ2) is 5.55. The lowest BCUT2D eigenvalue weighted by molar-refractivity contribution is -0.142. The number of hydrogen-bond acceptors (Lipinski definition) is 3. The third-order valence-electron chi connectivity index (χ3n) is 4.21. The van der Waals surface area contributed by atoms with Gasteiger partial charge in [0, 0.05) is 17.5 Å². The first-order valence-corrected chi connectivity index (χ1v) is 7.09. The zero-order valence-corrected chi connectivity index (χ0v) is 11.5. The SMILES string of the molecule is O=C(NCC1CCCC1C(=O)O)c1ccc2cn[nH]c2c1. The van der Waals surface area contributed by atoms with Crippen LogP contribution in [-0.4, -0.2) is 33.7 Å². The number of nitrogens with one attached hydrogen (secondary N) is 2. The number of carbonyl (C=O) groups is 2. The second-order valence-corrected chi connectivity index (χ2v) is 5.52. The number of rotatable bonds is 4. The van der Waals surface area contributed by atoms with Gasteiger partial charge in [0.2, 0.25) is 0 Å². The molecule has 2 aromatic rings. The molecule has 0 saturated heterocycles. The molecule has 1 aliphatic carbocycles. The normalized spacial score (nSPS) is 21.5. The zero-order chi connectivity index (χ0) is 14.8. The van der Waals surface area contributed by atoms with Crippen molar-refractivity contribution in [2.24, 2.45) is 11.8 Å². The molecule has 0 bridgehead atoms. The maximum atomic E-state index is 12.2. The molecule has 3 N–H and O–H groups in total. The van der Waals surface area contributed by atoms with Crippen molar-refractivity contribution in [3.63, 3.8) is 0 Å². The first-order chi connectivity index (χ1) is 10.1. The molecule has 110 valence electrons. The van der Waals surface area contributed by atoms with Crippen LogP contribution in [0.25, 0.3) is 10.9 Å². The summed E-state index contributed by atoms with van der Waals surface area (Å²) < 4.78 is 0. The Morgan fingerprint density at radius 2 is 2.24 bits per heavy atom. The summed E-state index contributed by atoms with van der Waals surface area (Å²) in [6.45, 7) is 0.414. The zero-order valence-electron chi connectivity index (χ0n) is 11.5. The van der Waals surface area contributed by atoms with Crippen molar-refractivity contribution in [2.45, 2.75) is 19.3 Å². The van der Waals surface area contributed by atoms with Crippen LogP contribution >= 0.6 is 0 Å². The van der Waals surface area contributed by atoms with Crippen LogP contribution in [0.1, 0.15) is 29.6 Å². The third kappa shape index (κ3) is 2.74. The van der Waals surface area contributed by atoms with E-state index in [1.807, 2.05) is 6.07 Å². The minimum Gasteiger partial charge on any atom is -0.481 e. The van der Waals surface area contributed by atoms with E-state index in [1.165, 1.54) is 0 Å². The fraction of sp³-hybridized carbons (Fsp3) is 0.400. The summed E-state index contributed by atoms with van der Waals surface area (Å²) in [6, 6.07) is 5.33. The van der Waals surface area contributed by atoms with Crippen LogP contribution in [0.4, 0.5) is 0 Å². The Labute approximate surface area is 121 Å². The monoisotopic (exact) mass is 287 g/mol. The minimum absolute atomic E-state index is 0.0299. The highest BCUT2D eigenvalue weighted by Gasteiger charge is 2.32. The molecular formula is C15H17N3O3. The fourth-order valence-corrected chi connectivity index (χ4v) is 3.01. The van der Waals surface area contributed by atoms with Gasteiger partial charge in [0.15, 0.2) is 0 Å². The van der Waals surface area contributed by atoms with Gasteiger partial charge in [-0.3, -0.25) is 14.7 Å². The molecule has 2 atom stereocenters. The van der Waals surface area contributed by atoms with E-state index in [1.54, 1.807) is 18.3 Å². The Balaban J connectivity index is 1.64. The highest BCUT2D eigenvalue weighted by atomic mass is 16.4. The Bertz CT molecular complexity index is 680. The Morgan fingerprint density at radius 3 is 3.05 bits per heavy atom. The van der Waals surface area contributed by atoms with Crippen molar-refractivity contribution in [2.75, 3.05) is 6.54 Å². The number of carboxylic acid groups (broad SMARTS) is 1. The van der Waals surface area contributed by atoms with Crippen LogP contribution in [-0.2, 0) is 4.79 Å². The molecule has 1 fully saturated rings. The van der Waals surface area contributed by atoms with Crippen LogP contribution < -0.4 is 5.32 Å². The minimum atomic E-state index is -0.759. The number of aromatic amines is 1. The van der Waals surface area contributed by atoms with Gasteiger partial charge >= 0.3 is 5.97 Å². The molecule has 3 rings (SSSR count). The average Bonchev–Trinajstić information content (AvgIpc) is 3.12. The lowest BCUT2D eigenvalue weighted by Crippen LogP contribution is -2.33. The Morgan fingerprint density at radius 1 is 1.38 bits per heavy atom. The standard InChI is InChI=1S/C15H17N3O3/c19-14(9-4-5-11-8-17-18-13(11)6-9)16-7-10-2-1-3-12(10)15(20)21/h4-6,8,10,12H,1-3,7H2,(H,16,19)(H,17,18)(H,20,21). The lowest BCUT2D eigenvalue weighted by atomic mass is 9.96. The molecule has 0 aliphatic heterocycles. The van der Waals surface area contributed by atoms with Gasteiger partial charge in [-0.25, -0.2) is 0 Å². The molecule has 21 heavy (non-hydrogen) atoms. The Hall–Kier alpha value is -2.37. The van der Waals surface area contributed by atoms with Gasteiger partial charge in [0.25, 0.3) is 5.91 Å². The van der Waals surface area contributed by atoms with Crippen molar-refractivity contribution in [1.29, 1.82) is 0 Å². The number of fused-ring (bicyclic) bond motifs is 1. The first-order valence-electron chi connectivity index (χ1n) is 7.09. The summed E-state index contributed by atoms with van der Waals surface area (Å²) in [4.78, 5) is 23.3. The van der Waals surface area contributed by atoms with Gasteiger partial charge in [-0.05, 0) is 30.9 Å².